The highest BCUT2D eigenvalue weighted by atomic mass is 79.9. The van der Waals surface area contributed by atoms with Gasteiger partial charge in [0, 0.05) is 29.1 Å². The normalized spacial score (nSPS) is 11.5. The maximum Gasteiger partial charge on any atom is 0.0609 e. The van der Waals surface area contributed by atoms with Crippen LogP contribution in [0, 0.1) is 0 Å². The third-order valence-corrected chi connectivity index (χ3v) is 7.95. The molecule has 98 valence electrons. The zero-order chi connectivity index (χ0) is 13.7. The van der Waals surface area contributed by atoms with Crippen LogP contribution in [-0.4, -0.2) is 0 Å². The van der Waals surface area contributed by atoms with Gasteiger partial charge in [0.05, 0.1) is 9.75 Å². The van der Waals surface area contributed by atoms with E-state index in [-0.39, 0.29) is 0 Å². The Hall–Kier alpha value is -0.680. The fourth-order valence-corrected chi connectivity index (χ4v) is 6.75. The molecule has 0 bridgehead atoms. The van der Waals surface area contributed by atoms with Gasteiger partial charge in [-0.05, 0) is 44.0 Å². The molecule has 0 fully saturated rings. The van der Waals surface area contributed by atoms with E-state index in [0.717, 1.165) is 0 Å². The molecule has 2 heterocycles. The topological polar surface area (TPSA) is 0 Å². The molecule has 0 radical (unpaired) electrons. The molecular weight excluding hydrogens is 416 g/mol. The van der Waals surface area contributed by atoms with E-state index in [1.165, 1.54) is 38.9 Å². The fraction of sp³-hybridized carbons (Fsp3) is 0. The quantitative estimate of drug-likeness (QED) is 0.301. The Morgan fingerprint density at radius 2 is 1.00 bits per heavy atom. The van der Waals surface area contributed by atoms with Gasteiger partial charge in [-0.2, -0.15) is 0 Å². The van der Waals surface area contributed by atoms with Crippen LogP contribution in [0.4, 0.5) is 0 Å². The van der Waals surface area contributed by atoms with Crippen molar-refractivity contribution in [3.05, 3.63) is 57.5 Å². The first-order valence-corrected chi connectivity index (χ1v) is 9.32. The summed E-state index contributed by atoms with van der Waals surface area (Å²) in [7, 11) is 0. The van der Waals surface area contributed by atoms with E-state index in [2.05, 4.69) is 80.4 Å². The highest BCUT2D eigenvalue weighted by Crippen LogP contribution is 2.49. The predicted octanol–water partition coefficient (Wildman–Crippen LogP) is 7.31. The van der Waals surface area contributed by atoms with E-state index < -0.39 is 0 Å². The maximum atomic E-state index is 3.78. The minimum atomic E-state index is 1.20. The maximum absolute atomic E-state index is 3.78. The van der Waals surface area contributed by atoms with Gasteiger partial charge >= 0.3 is 0 Å². The number of hydrogen-bond donors (Lipinski definition) is 0. The lowest BCUT2D eigenvalue weighted by Crippen LogP contribution is -1.68. The number of hydrogen-bond acceptors (Lipinski definition) is 2. The van der Waals surface area contributed by atoms with E-state index >= 15 is 0 Å². The fourth-order valence-electron chi connectivity index (χ4n) is 2.32. The van der Waals surface area contributed by atoms with Gasteiger partial charge in [0.15, 0.2) is 0 Å². The van der Waals surface area contributed by atoms with Gasteiger partial charge in [0.2, 0.25) is 0 Å². The van der Waals surface area contributed by atoms with Crippen LogP contribution < -0.4 is 0 Å². The molecule has 0 amide bonds. The van der Waals surface area contributed by atoms with E-state index in [0.29, 0.717) is 0 Å². The number of halogens is 2. The van der Waals surface area contributed by atoms with Crippen molar-refractivity contribution in [2.45, 2.75) is 0 Å². The summed E-state index contributed by atoms with van der Waals surface area (Å²) in [5.74, 6) is 0. The smallest absolute Gasteiger partial charge is 0.0609 e. The first kappa shape index (κ1) is 13.0. The summed E-state index contributed by atoms with van der Waals surface area (Å²) in [5, 5.41) is 2.58. The van der Waals surface area contributed by atoms with Gasteiger partial charge in [-0.25, -0.2) is 0 Å². The van der Waals surface area contributed by atoms with E-state index in [9.17, 15) is 0 Å². The highest BCUT2D eigenvalue weighted by molar-refractivity contribution is 9.11. The Labute approximate surface area is 141 Å². The first-order chi connectivity index (χ1) is 9.75. The average molecular weight is 424 g/mol. The standard InChI is InChI=1S/C16H8Br2S2/c17-13-9-5-1-3-7-11(9)19-15(13)16-14(18)10-6-2-4-8-12(10)20-16/h1-8H. The van der Waals surface area contributed by atoms with E-state index in [1.54, 1.807) is 0 Å². The van der Waals surface area contributed by atoms with Gasteiger partial charge in [0.25, 0.3) is 0 Å². The van der Waals surface area contributed by atoms with Gasteiger partial charge in [-0.1, -0.05) is 36.4 Å². The molecule has 0 saturated carbocycles. The second kappa shape index (κ2) is 4.95. The monoisotopic (exact) mass is 422 g/mol. The van der Waals surface area contributed by atoms with Crippen molar-refractivity contribution in [3.63, 3.8) is 0 Å². The summed E-state index contributed by atoms with van der Waals surface area (Å²) in [6.45, 7) is 0. The minimum Gasteiger partial charge on any atom is -0.133 e. The van der Waals surface area contributed by atoms with Crippen LogP contribution >= 0.6 is 54.5 Å². The summed E-state index contributed by atoms with van der Waals surface area (Å²) in [5.41, 5.74) is 0. The highest BCUT2D eigenvalue weighted by Gasteiger charge is 2.17. The molecule has 0 aliphatic heterocycles. The summed E-state index contributed by atoms with van der Waals surface area (Å²) >= 11 is 11.2. The number of fused-ring (bicyclic) bond motifs is 2. The molecule has 0 aliphatic rings. The molecule has 4 rings (SSSR count). The third kappa shape index (κ3) is 1.90. The number of thiophene rings is 2. The van der Waals surface area contributed by atoms with Crippen LogP contribution in [0.25, 0.3) is 29.9 Å². The largest absolute Gasteiger partial charge is 0.133 e. The Bertz CT molecular complexity index is 856. The molecule has 2 aromatic carbocycles. The molecule has 2 aromatic heterocycles. The van der Waals surface area contributed by atoms with Crippen LogP contribution in [0.5, 0.6) is 0 Å². The van der Waals surface area contributed by atoms with Crippen LogP contribution in [0.3, 0.4) is 0 Å². The zero-order valence-corrected chi connectivity index (χ0v) is 15.0. The van der Waals surface area contributed by atoms with E-state index in [1.807, 2.05) is 22.7 Å². The minimum absolute atomic E-state index is 1.20. The van der Waals surface area contributed by atoms with Crippen LogP contribution in [0.2, 0.25) is 0 Å². The predicted molar refractivity (Wildman–Crippen MR) is 98.0 cm³/mol. The molecule has 0 nitrogen and oxygen atoms in total. The van der Waals surface area contributed by atoms with Gasteiger partial charge in [-0.3, -0.25) is 0 Å². The number of benzene rings is 2. The molecule has 0 unspecified atom stereocenters. The Morgan fingerprint density at radius 3 is 1.40 bits per heavy atom. The van der Waals surface area contributed by atoms with Crippen LogP contribution in [0.1, 0.15) is 0 Å². The summed E-state index contributed by atoms with van der Waals surface area (Å²) in [4.78, 5) is 2.61. The van der Waals surface area contributed by atoms with Gasteiger partial charge in [-0.15, -0.1) is 22.7 Å². The average Bonchev–Trinajstić information content (AvgIpc) is 2.98. The lowest BCUT2D eigenvalue weighted by molar-refractivity contribution is 1.81. The molecule has 0 aliphatic carbocycles. The zero-order valence-electron chi connectivity index (χ0n) is 10.2. The second-order valence-corrected chi connectivity index (χ2v) is 8.17. The van der Waals surface area contributed by atoms with Crippen molar-refractivity contribution in [1.29, 1.82) is 0 Å². The van der Waals surface area contributed by atoms with Crippen LogP contribution in [0.15, 0.2) is 57.5 Å². The molecule has 0 atom stereocenters. The third-order valence-electron chi connectivity index (χ3n) is 3.28. The summed E-state index contributed by atoms with van der Waals surface area (Å²) < 4.78 is 5.04. The summed E-state index contributed by atoms with van der Waals surface area (Å²) in [6.07, 6.45) is 0. The van der Waals surface area contributed by atoms with Gasteiger partial charge in [0.1, 0.15) is 0 Å². The Morgan fingerprint density at radius 1 is 0.600 bits per heavy atom. The molecule has 4 heteroatoms. The Kier molecular flexibility index (Phi) is 3.22. The second-order valence-electron chi connectivity index (χ2n) is 4.48. The van der Waals surface area contributed by atoms with Crippen molar-refractivity contribution in [1.82, 2.24) is 0 Å². The molecule has 0 spiro atoms. The molecule has 4 aromatic rings. The Balaban J connectivity index is 2.06. The SMILES string of the molecule is Brc1c(-c2sc3ccccc3c2Br)sc2ccccc12. The van der Waals surface area contributed by atoms with Crippen molar-refractivity contribution >= 4 is 74.7 Å². The molecule has 20 heavy (non-hydrogen) atoms. The van der Waals surface area contributed by atoms with Crippen molar-refractivity contribution in [2.75, 3.05) is 0 Å². The first-order valence-electron chi connectivity index (χ1n) is 6.10. The lowest BCUT2D eigenvalue weighted by Gasteiger charge is -1.95. The lowest BCUT2D eigenvalue weighted by atomic mass is 10.2. The van der Waals surface area contributed by atoms with Crippen molar-refractivity contribution < 1.29 is 0 Å². The number of rotatable bonds is 1. The summed E-state index contributed by atoms with van der Waals surface area (Å²) in [6, 6.07) is 17.0. The molecule has 0 saturated heterocycles. The molecular formula is C16H8Br2S2. The van der Waals surface area contributed by atoms with Crippen molar-refractivity contribution in [2.24, 2.45) is 0 Å². The van der Waals surface area contributed by atoms with Crippen LogP contribution in [-0.2, 0) is 0 Å². The van der Waals surface area contributed by atoms with E-state index in [4.69, 9.17) is 0 Å². The van der Waals surface area contributed by atoms with Crippen molar-refractivity contribution in [3.8, 4) is 9.75 Å². The molecule has 0 N–H and O–H groups in total. The van der Waals surface area contributed by atoms with Gasteiger partial charge < -0.3 is 0 Å².